The molecule has 0 saturated carbocycles. The molecular weight excluding hydrogens is 342 g/mol. The van der Waals surface area contributed by atoms with Crippen molar-refractivity contribution in [2.24, 2.45) is 0 Å². The van der Waals surface area contributed by atoms with Crippen LogP contribution < -0.4 is 0 Å². The molecule has 1 aromatic carbocycles. The highest BCUT2D eigenvalue weighted by Gasteiger charge is 2.38. The Kier molecular flexibility index (Phi) is 5.82. The van der Waals surface area contributed by atoms with E-state index in [0.717, 1.165) is 12.0 Å². The topological polar surface area (TPSA) is 60.9 Å². The molecule has 2 fully saturated rings. The summed E-state index contributed by atoms with van der Waals surface area (Å²) in [7, 11) is 0. The molecule has 0 aliphatic carbocycles. The van der Waals surface area contributed by atoms with E-state index in [9.17, 15) is 14.4 Å². The lowest BCUT2D eigenvalue weighted by molar-refractivity contribution is -0.150. The van der Waals surface area contributed by atoms with Crippen LogP contribution >= 0.6 is 0 Å². The third-order valence-corrected chi connectivity index (χ3v) is 5.45. The van der Waals surface area contributed by atoms with E-state index in [2.05, 4.69) is 32.0 Å². The summed E-state index contributed by atoms with van der Waals surface area (Å²) in [4.78, 5) is 42.7. The van der Waals surface area contributed by atoms with Gasteiger partial charge in [-0.15, -0.1) is 0 Å². The van der Waals surface area contributed by atoms with E-state index >= 15 is 0 Å². The highest BCUT2D eigenvalue weighted by Crippen LogP contribution is 2.22. The van der Waals surface area contributed by atoms with Gasteiger partial charge in [0.15, 0.2) is 0 Å². The number of nitrogens with zero attached hydrogens (tertiary/aromatic N) is 3. The highest BCUT2D eigenvalue weighted by molar-refractivity contribution is 5.91. The van der Waals surface area contributed by atoms with Gasteiger partial charge in [-0.1, -0.05) is 36.2 Å². The van der Waals surface area contributed by atoms with E-state index in [1.54, 1.807) is 9.80 Å². The number of hydrogen-bond acceptors (Lipinski definition) is 3. The molecular formula is C21H29N3O3. The molecule has 0 N–H and O–H groups in total. The van der Waals surface area contributed by atoms with Gasteiger partial charge >= 0.3 is 0 Å². The van der Waals surface area contributed by atoms with E-state index < -0.39 is 6.04 Å². The number of hydrogen-bond donors (Lipinski definition) is 0. The molecule has 0 aromatic heterocycles. The van der Waals surface area contributed by atoms with Crippen LogP contribution in [0.4, 0.5) is 0 Å². The fourth-order valence-electron chi connectivity index (χ4n) is 4.18. The maximum atomic E-state index is 12.9. The number of benzene rings is 1. The van der Waals surface area contributed by atoms with Gasteiger partial charge in [-0.2, -0.15) is 0 Å². The molecule has 0 spiro atoms. The largest absolute Gasteiger partial charge is 0.335 e. The fourth-order valence-corrected chi connectivity index (χ4v) is 4.18. The van der Waals surface area contributed by atoms with Crippen LogP contribution in [0.1, 0.15) is 42.9 Å². The van der Waals surface area contributed by atoms with Crippen LogP contribution in [0.25, 0.3) is 0 Å². The number of carbonyl (C=O) groups excluding carboxylic acids is 3. The van der Waals surface area contributed by atoms with Gasteiger partial charge < -0.3 is 14.7 Å². The summed E-state index contributed by atoms with van der Waals surface area (Å²) in [5, 5.41) is 0. The second kappa shape index (κ2) is 8.11. The van der Waals surface area contributed by atoms with Crippen LogP contribution in [0.5, 0.6) is 0 Å². The third-order valence-electron chi connectivity index (χ3n) is 5.45. The van der Waals surface area contributed by atoms with Gasteiger partial charge in [0.1, 0.15) is 6.04 Å². The van der Waals surface area contributed by atoms with Crippen LogP contribution in [-0.2, 0) is 20.9 Å². The second-order valence-corrected chi connectivity index (χ2v) is 7.67. The Labute approximate surface area is 161 Å². The number of piperazine rings is 1. The molecule has 27 heavy (non-hydrogen) atoms. The SMILES string of the molecule is CCC(=O)N1CCC[C@@H]1C(=O)N1CCN(Cc2cc(C)cc(C)c2)C(=O)C1. The monoisotopic (exact) mass is 371 g/mol. The van der Waals surface area contributed by atoms with E-state index in [1.165, 1.54) is 11.1 Å². The molecule has 146 valence electrons. The average molecular weight is 371 g/mol. The summed E-state index contributed by atoms with van der Waals surface area (Å²) in [6.45, 7) is 8.31. The van der Waals surface area contributed by atoms with Crippen LogP contribution in [-0.4, -0.2) is 64.6 Å². The van der Waals surface area contributed by atoms with Crippen molar-refractivity contribution >= 4 is 17.7 Å². The minimum Gasteiger partial charge on any atom is -0.335 e. The molecule has 0 radical (unpaired) electrons. The Hall–Kier alpha value is -2.37. The third kappa shape index (κ3) is 4.31. The summed E-state index contributed by atoms with van der Waals surface area (Å²) in [6, 6.07) is 5.93. The summed E-state index contributed by atoms with van der Waals surface area (Å²) in [6.07, 6.45) is 1.96. The normalized spacial score (nSPS) is 20.3. The molecule has 1 aromatic rings. The zero-order chi connectivity index (χ0) is 19.6. The number of rotatable bonds is 4. The van der Waals surface area contributed by atoms with Gasteiger partial charge in [0.05, 0.1) is 6.54 Å². The molecule has 6 heteroatoms. The number of aryl methyl sites for hydroxylation is 2. The van der Waals surface area contributed by atoms with Crippen LogP contribution in [0.15, 0.2) is 18.2 Å². The van der Waals surface area contributed by atoms with E-state index in [0.29, 0.717) is 39.0 Å². The first-order chi connectivity index (χ1) is 12.9. The van der Waals surface area contributed by atoms with Crippen LogP contribution in [0.3, 0.4) is 0 Å². The Balaban J connectivity index is 1.62. The first-order valence-electron chi connectivity index (χ1n) is 9.82. The standard InChI is InChI=1S/C21H29N3O3/c1-4-19(25)24-7-5-6-18(24)21(27)23-9-8-22(20(26)14-23)13-17-11-15(2)10-16(3)12-17/h10-12,18H,4-9,13-14H2,1-3H3/t18-/m1/s1. The average Bonchev–Trinajstić information content (AvgIpc) is 3.11. The van der Waals surface area contributed by atoms with Gasteiger partial charge in [0.25, 0.3) is 0 Å². The van der Waals surface area contributed by atoms with Crippen molar-refractivity contribution in [3.05, 3.63) is 34.9 Å². The van der Waals surface area contributed by atoms with E-state index in [1.807, 2.05) is 11.8 Å². The van der Waals surface area contributed by atoms with Crippen molar-refractivity contribution in [2.45, 2.75) is 52.6 Å². The molecule has 6 nitrogen and oxygen atoms in total. The van der Waals surface area contributed by atoms with Gasteiger partial charge in [-0.25, -0.2) is 0 Å². The lowest BCUT2D eigenvalue weighted by Crippen LogP contribution is -2.56. The van der Waals surface area contributed by atoms with Crippen LogP contribution in [0.2, 0.25) is 0 Å². The maximum Gasteiger partial charge on any atom is 0.245 e. The zero-order valence-electron chi connectivity index (χ0n) is 16.5. The molecule has 2 saturated heterocycles. The van der Waals surface area contributed by atoms with Crippen molar-refractivity contribution in [2.75, 3.05) is 26.2 Å². The Morgan fingerprint density at radius 3 is 2.41 bits per heavy atom. The van der Waals surface area contributed by atoms with Crippen molar-refractivity contribution < 1.29 is 14.4 Å². The van der Waals surface area contributed by atoms with Gasteiger partial charge in [-0.05, 0) is 32.3 Å². The van der Waals surface area contributed by atoms with E-state index in [4.69, 9.17) is 0 Å². The molecule has 0 unspecified atom stereocenters. The van der Waals surface area contributed by atoms with Gasteiger partial charge in [0, 0.05) is 32.6 Å². The Bertz CT molecular complexity index is 726. The second-order valence-electron chi connectivity index (χ2n) is 7.67. The summed E-state index contributed by atoms with van der Waals surface area (Å²) in [5.74, 6) is -0.0838. The van der Waals surface area contributed by atoms with Crippen LogP contribution in [0, 0.1) is 13.8 Å². The Morgan fingerprint density at radius 1 is 1.07 bits per heavy atom. The van der Waals surface area contributed by atoms with Gasteiger partial charge in [0.2, 0.25) is 17.7 Å². The molecule has 3 rings (SSSR count). The molecule has 3 amide bonds. The summed E-state index contributed by atoms with van der Waals surface area (Å²) >= 11 is 0. The first-order valence-corrected chi connectivity index (χ1v) is 9.82. The minimum absolute atomic E-state index is 0.0191. The smallest absolute Gasteiger partial charge is 0.245 e. The van der Waals surface area contributed by atoms with E-state index in [-0.39, 0.29) is 24.3 Å². The van der Waals surface area contributed by atoms with Crippen molar-refractivity contribution in [3.63, 3.8) is 0 Å². The highest BCUT2D eigenvalue weighted by atomic mass is 16.2. The lowest BCUT2D eigenvalue weighted by Gasteiger charge is -2.37. The molecule has 2 aliphatic rings. The molecule has 1 atom stereocenters. The van der Waals surface area contributed by atoms with Crippen molar-refractivity contribution in [3.8, 4) is 0 Å². The number of likely N-dealkylation sites (tertiary alicyclic amines) is 1. The quantitative estimate of drug-likeness (QED) is 0.812. The number of amides is 3. The van der Waals surface area contributed by atoms with Crippen molar-refractivity contribution in [1.29, 1.82) is 0 Å². The van der Waals surface area contributed by atoms with Gasteiger partial charge in [-0.3, -0.25) is 14.4 Å². The maximum absolute atomic E-state index is 12.9. The predicted molar refractivity (Wildman–Crippen MR) is 103 cm³/mol. The lowest BCUT2D eigenvalue weighted by atomic mass is 10.1. The first kappa shape index (κ1) is 19.4. The molecule has 2 aliphatic heterocycles. The zero-order valence-corrected chi connectivity index (χ0v) is 16.5. The summed E-state index contributed by atoms with van der Waals surface area (Å²) < 4.78 is 0. The molecule has 2 heterocycles. The Morgan fingerprint density at radius 2 is 1.78 bits per heavy atom. The fraction of sp³-hybridized carbons (Fsp3) is 0.571. The minimum atomic E-state index is -0.392. The predicted octanol–water partition coefficient (Wildman–Crippen LogP) is 1.88. The summed E-state index contributed by atoms with van der Waals surface area (Å²) in [5.41, 5.74) is 3.50. The molecule has 0 bridgehead atoms. The van der Waals surface area contributed by atoms with Crippen molar-refractivity contribution in [1.82, 2.24) is 14.7 Å². The number of carbonyl (C=O) groups is 3.